The summed E-state index contributed by atoms with van der Waals surface area (Å²) < 4.78 is 37.3. The van der Waals surface area contributed by atoms with Gasteiger partial charge in [-0.25, -0.2) is 0 Å². The largest absolute Gasteiger partial charge is 0.416 e. The molecule has 0 spiro atoms. The molecule has 0 amide bonds. The molecule has 0 N–H and O–H groups in total. The normalized spacial score (nSPS) is 11.3. The fourth-order valence-electron chi connectivity index (χ4n) is 1.12. The molecule has 4 nitrogen and oxygen atoms in total. The van der Waals surface area contributed by atoms with Crippen molar-refractivity contribution in [2.24, 2.45) is 0 Å². The average Bonchev–Trinajstić information content (AvgIpc) is 2.26. The van der Waals surface area contributed by atoms with Gasteiger partial charge in [0.1, 0.15) is 0 Å². The summed E-state index contributed by atoms with van der Waals surface area (Å²) in [4.78, 5) is 20.7. The van der Waals surface area contributed by atoms with Gasteiger partial charge in [0, 0.05) is 17.7 Å². The van der Waals surface area contributed by atoms with Crippen molar-refractivity contribution in [2.45, 2.75) is 6.18 Å². The van der Waals surface area contributed by atoms with Crippen LogP contribution < -0.4 is 0 Å². The summed E-state index contributed by atoms with van der Waals surface area (Å²) in [6, 6.07) is 1.81. The Bertz CT molecular complexity index is 473. The minimum atomic E-state index is -4.73. The van der Waals surface area contributed by atoms with Crippen molar-refractivity contribution in [1.29, 1.82) is 0 Å². The van der Waals surface area contributed by atoms with Crippen LogP contribution in [-0.4, -0.2) is 16.0 Å². The molecular formula is C9H5BrF3NO3. The zero-order chi connectivity index (χ0) is 13.2. The van der Waals surface area contributed by atoms with E-state index in [-0.39, 0.29) is 10.9 Å². The summed E-state index contributed by atoms with van der Waals surface area (Å²) in [7, 11) is 0. The second-order valence-electron chi connectivity index (χ2n) is 3.08. The first-order chi connectivity index (χ1) is 7.75. The number of ketones is 1. The fraction of sp³-hybridized carbons (Fsp3) is 0.222. The van der Waals surface area contributed by atoms with Gasteiger partial charge < -0.3 is 0 Å². The van der Waals surface area contributed by atoms with Crippen LogP contribution in [0.15, 0.2) is 18.2 Å². The zero-order valence-electron chi connectivity index (χ0n) is 8.12. The highest BCUT2D eigenvalue weighted by atomic mass is 79.9. The Hall–Kier alpha value is -1.44. The summed E-state index contributed by atoms with van der Waals surface area (Å²) in [5, 5.41) is 10.3. The van der Waals surface area contributed by atoms with E-state index in [0.29, 0.717) is 12.1 Å². The number of non-ortho nitro benzene ring substituents is 1. The zero-order valence-corrected chi connectivity index (χ0v) is 9.71. The minimum Gasteiger partial charge on any atom is -0.293 e. The highest BCUT2D eigenvalue weighted by molar-refractivity contribution is 9.09. The second kappa shape index (κ2) is 4.82. The Morgan fingerprint density at radius 2 is 1.94 bits per heavy atom. The molecule has 1 rings (SSSR count). The standard InChI is InChI=1S/C9H5BrF3NO3/c10-4-8(15)5-1-6(9(11,12)13)3-7(2-5)14(16)17/h1-3H,4H2. The molecule has 0 aliphatic rings. The number of carbonyl (C=O) groups excluding carboxylic acids is 1. The maximum Gasteiger partial charge on any atom is 0.416 e. The van der Waals surface area contributed by atoms with E-state index in [0.717, 1.165) is 6.07 Å². The smallest absolute Gasteiger partial charge is 0.293 e. The molecule has 92 valence electrons. The summed E-state index contributed by atoms with van der Waals surface area (Å²) in [6.45, 7) is 0. The van der Waals surface area contributed by atoms with E-state index in [4.69, 9.17) is 0 Å². The number of rotatable bonds is 3. The number of halogens is 4. The number of alkyl halides is 4. The van der Waals surface area contributed by atoms with Gasteiger partial charge in [-0.15, -0.1) is 0 Å². The highest BCUT2D eigenvalue weighted by Crippen LogP contribution is 2.32. The molecule has 0 heterocycles. The van der Waals surface area contributed by atoms with Gasteiger partial charge in [-0.3, -0.25) is 14.9 Å². The quantitative estimate of drug-likeness (QED) is 0.373. The predicted octanol–water partition coefficient (Wildman–Crippen LogP) is 3.19. The van der Waals surface area contributed by atoms with Gasteiger partial charge >= 0.3 is 6.18 Å². The number of nitrogens with zero attached hydrogens (tertiary/aromatic N) is 1. The van der Waals surface area contributed by atoms with Crippen LogP contribution in [-0.2, 0) is 6.18 Å². The van der Waals surface area contributed by atoms with E-state index in [1.807, 2.05) is 0 Å². The summed E-state index contributed by atoms with van der Waals surface area (Å²) in [6.07, 6.45) is -4.73. The monoisotopic (exact) mass is 311 g/mol. The molecule has 8 heteroatoms. The van der Waals surface area contributed by atoms with Gasteiger partial charge in [0.25, 0.3) is 5.69 Å². The molecule has 0 saturated carbocycles. The molecule has 0 aliphatic heterocycles. The Morgan fingerprint density at radius 3 is 2.35 bits per heavy atom. The van der Waals surface area contributed by atoms with E-state index >= 15 is 0 Å². The number of carbonyl (C=O) groups is 1. The van der Waals surface area contributed by atoms with Crippen molar-refractivity contribution in [3.63, 3.8) is 0 Å². The first-order valence-corrected chi connectivity index (χ1v) is 5.33. The van der Waals surface area contributed by atoms with Crippen LogP contribution in [0.25, 0.3) is 0 Å². The molecule has 0 aliphatic carbocycles. The van der Waals surface area contributed by atoms with Crippen LogP contribution in [0.5, 0.6) is 0 Å². The van der Waals surface area contributed by atoms with Crippen LogP contribution in [0.2, 0.25) is 0 Å². The van der Waals surface area contributed by atoms with E-state index < -0.39 is 28.1 Å². The van der Waals surface area contributed by atoms with Crippen molar-refractivity contribution in [2.75, 3.05) is 5.33 Å². The molecule has 0 atom stereocenters. The maximum absolute atomic E-state index is 12.4. The van der Waals surface area contributed by atoms with Gasteiger partial charge in [0.15, 0.2) is 5.78 Å². The van der Waals surface area contributed by atoms with Crippen molar-refractivity contribution in [3.05, 3.63) is 39.4 Å². The third-order valence-electron chi connectivity index (χ3n) is 1.90. The first kappa shape index (κ1) is 13.6. The van der Waals surface area contributed by atoms with Gasteiger partial charge in [-0.1, -0.05) is 15.9 Å². The lowest BCUT2D eigenvalue weighted by molar-refractivity contribution is -0.385. The Morgan fingerprint density at radius 1 is 1.35 bits per heavy atom. The van der Waals surface area contributed by atoms with Crippen LogP contribution >= 0.6 is 15.9 Å². The predicted molar refractivity (Wildman–Crippen MR) is 56.2 cm³/mol. The van der Waals surface area contributed by atoms with Gasteiger partial charge in [-0.2, -0.15) is 13.2 Å². The van der Waals surface area contributed by atoms with E-state index in [2.05, 4.69) is 15.9 Å². The molecule has 0 fully saturated rings. The molecule has 1 aromatic rings. The number of benzene rings is 1. The number of hydrogen-bond acceptors (Lipinski definition) is 3. The molecule has 0 aromatic heterocycles. The molecule has 0 bridgehead atoms. The summed E-state index contributed by atoms with van der Waals surface area (Å²) >= 11 is 2.79. The van der Waals surface area contributed by atoms with Crippen LogP contribution in [0.1, 0.15) is 15.9 Å². The molecule has 17 heavy (non-hydrogen) atoms. The summed E-state index contributed by atoms with van der Waals surface area (Å²) in [5.41, 5.74) is -2.32. The van der Waals surface area contributed by atoms with Gasteiger partial charge in [-0.05, 0) is 6.07 Å². The molecule has 0 saturated heterocycles. The lowest BCUT2D eigenvalue weighted by Crippen LogP contribution is -2.09. The molecule has 0 unspecified atom stereocenters. The number of nitro groups is 1. The lowest BCUT2D eigenvalue weighted by atomic mass is 10.1. The van der Waals surface area contributed by atoms with Gasteiger partial charge in [0.05, 0.1) is 15.8 Å². The third kappa shape index (κ3) is 3.26. The minimum absolute atomic E-state index is 0.203. The second-order valence-corrected chi connectivity index (χ2v) is 3.64. The average molecular weight is 312 g/mol. The Kier molecular flexibility index (Phi) is 3.87. The van der Waals surface area contributed by atoms with Crippen LogP contribution in [0, 0.1) is 10.1 Å². The topological polar surface area (TPSA) is 60.2 Å². The third-order valence-corrected chi connectivity index (χ3v) is 2.41. The van der Waals surface area contributed by atoms with Gasteiger partial charge in [0.2, 0.25) is 0 Å². The van der Waals surface area contributed by atoms with Crippen molar-refractivity contribution >= 4 is 27.4 Å². The number of nitro benzene ring substituents is 1. The summed E-state index contributed by atoms with van der Waals surface area (Å²) in [5.74, 6) is -0.654. The number of hydrogen-bond donors (Lipinski definition) is 0. The number of Topliss-reactive ketones (excluding diaryl/α,β-unsaturated/α-hetero) is 1. The SMILES string of the molecule is O=C(CBr)c1cc([N+](=O)[O-])cc(C(F)(F)F)c1. The Labute approximate surface area is 102 Å². The molecule has 1 aromatic carbocycles. The first-order valence-electron chi connectivity index (χ1n) is 4.21. The van der Waals surface area contributed by atoms with Crippen molar-refractivity contribution < 1.29 is 22.9 Å². The maximum atomic E-state index is 12.4. The van der Waals surface area contributed by atoms with E-state index in [1.165, 1.54) is 0 Å². The van der Waals surface area contributed by atoms with E-state index in [9.17, 15) is 28.1 Å². The van der Waals surface area contributed by atoms with Crippen molar-refractivity contribution in [3.8, 4) is 0 Å². The highest BCUT2D eigenvalue weighted by Gasteiger charge is 2.33. The van der Waals surface area contributed by atoms with Crippen LogP contribution in [0.3, 0.4) is 0 Å². The Balaban J connectivity index is 3.39. The van der Waals surface area contributed by atoms with E-state index in [1.54, 1.807) is 0 Å². The van der Waals surface area contributed by atoms with Crippen molar-refractivity contribution in [1.82, 2.24) is 0 Å². The molecule has 0 radical (unpaired) electrons. The molecular weight excluding hydrogens is 307 g/mol. The van der Waals surface area contributed by atoms with Crippen LogP contribution in [0.4, 0.5) is 18.9 Å². The lowest BCUT2D eigenvalue weighted by Gasteiger charge is -2.07. The fourth-order valence-corrected chi connectivity index (χ4v) is 1.44.